The van der Waals surface area contributed by atoms with Crippen LogP contribution < -0.4 is 5.43 Å². The number of nitro benzene ring substituents is 1. The van der Waals surface area contributed by atoms with Crippen LogP contribution in [0.15, 0.2) is 63.1 Å². The number of carbonyl (C=O) groups is 1. The van der Waals surface area contributed by atoms with Crippen LogP contribution in [-0.2, 0) is 0 Å². The fourth-order valence-electron chi connectivity index (χ4n) is 1.71. The van der Waals surface area contributed by atoms with Crippen molar-refractivity contribution >= 4 is 51.4 Å². The number of hydrogen-bond acceptors (Lipinski definition) is 4. The summed E-state index contributed by atoms with van der Waals surface area (Å²) in [7, 11) is 0. The molecule has 2 aromatic rings. The molecular formula is C16H11BrClN3O3. The van der Waals surface area contributed by atoms with Crippen molar-refractivity contribution in [2.45, 2.75) is 0 Å². The fraction of sp³-hybridized carbons (Fsp3) is 0. The lowest BCUT2D eigenvalue weighted by Crippen LogP contribution is -2.17. The van der Waals surface area contributed by atoms with Gasteiger partial charge in [0.2, 0.25) is 0 Å². The van der Waals surface area contributed by atoms with Crippen molar-refractivity contribution in [3.05, 3.63) is 79.3 Å². The van der Waals surface area contributed by atoms with Gasteiger partial charge in [-0.1, -0.05) is 27.5 Å². The van der Waals surface area contributed by atoms with Gasteiger partial charge in [-0.25, -0.2) is 5.43 Å². The summed E-state index contributed by atoms with van der Waals surface area (Å²) in [6.45, 7) is 0. The number of hydrazone groups is 1. The highest BCUT2D eigenvalue weighted by atomic mass is 79.9. The first-order valence-corrected chi connectivity index (χ1v) is 7.83. The topological polar surface area (TPSA) is 84.6 Å². The summed E-state index contributed by atoms with van der Waals surface area (Å²) < 4.78 is 0.872. The minimum Gasteiger partial charge on any atom is -0.267 e. The Balaban J connectivity index is 1.96. The molecule has 2 rings (SSSR count). The highest BCUT2D eigenvalue weighted by Gasteiger charge is 2.04. The molecule has 2 aromatic carbocycles. The van der Waals surface area contributed by atoms with Crippen LogP contribution in [0.2, 0.25) is 0 Å². The standard InChI is InChI=1S/C16H11BrClN3O3/c17-13-5-3-12(4-6-13)16(22)20-19-10-14(18)9-11-1-7-15(8-2-11)21(23)24/h1-10H,(H,20,22). The van der Waals surface area contributed by atoms with Gasteiger partial charge in [0.05, 0.1) is 16.2 Å². The second kappa shape index (κ2) is 8.37. The number of benzene rings is 2. The van der Waals surface area contributed by atoms with Crippen molar-refractivity contribution in [2.24, 2.45) is 5.10 Å². The zero-order valence-electron chi connectivity index (χ0n) is 12.1. The monoisotopic (exact) mass is 407 g/mol. The van der Waals surface area contributed by atoms with E-state index in [1.54, 1.807) is 42.5 Å². The Morgan fingerprint density at radius 2 is 1.79 bits per heavy atom. The lowest BCUT2D eigenvalue weighted by molar-refractivity contribution is -0.384. The number of halogens is 2. The summed E-state index contributed by atoms with van der Waals surface area (Å²) in [6.07, 6.45) is 2.85. The zero-order valence-corrected chi connectivity index (χ0v) is 14.5. The molecule has 0 aromatic heterocycles. The Morgan fingerprint density at radius 3 is 2.38 bits per heavy atom. The molecular weight excluding hydrogens is 398 g/mol. The summed E-state index contributed by atoms with van der Waals surface area (Å²) in [5.74, 6) is -0.362. The van der Waals surface area contributed by atoms with Crippen molar-refractivity contribution in [1.29, 1.82) is 0 Å². The van der Waals surface area contributed by atoms with Gasteiger partial charge >= 0.3 is 0 Å². The van der Waals surface area contributed by atoms with Crippen LogP contribution in [0.1, 0.15) is 15.9 Å². The van der Waals surface area contributed by atoms with E-state index in [0.717, 1.165) is 4.47 Å². The van der Waals surface area contributed by atoms with Crippen LogP contribution in [-0.4, -0.2) is 17.0 Å². The molecule has 0 fully saturated rings. The SMILES string of the molecule is O=C(NN=CC(Cl)=Cc1ccc([N+](=O)[O-])cc1)c1ccc(Br)cc1. The molecule has 0 radical (unpaired) electrons. The lowest BCUT2D eigenvalue weighted by Gasteiger charge is -1.99. The zero-order chi connectivity index (χ0) is 17.5. The molecule has 0 aliphatic carbocycles. The molecule has 1 amide bonds. The summed E-state index contributed by atoms with van der Waals surface area (Å²) in [5.41, 5.74) is 3.50. The van der Waals surface area contributed by atoms with Gasteiger partial charge in [-0.2, -0.15) is 5.10 Å². The maximum Gasteiger partial charge on any atom is 0.271 e. The van der Waals surface area contributed by atoms with Gasteiger partial charge in [-0.3, -0.25) is 14.9 Å². The summed E-state index contributed by atoms with van der Waals surface area (Å²) >= 11 is 9.27. The van der Waals surface area contributed by atoms with Crippen LogP contribution in [0.5, 0.6) is 0 Å². The molecule has 24 heavy (non-hydrogen) atoms. The number of hydrogen-bond donors (Lipinski definition) is 1. The highest BCUT2D eigenvalue weighted by Crippen LogP contribution is 2.15. The van der Waals surface area contributed by atoms with E-state index in [2.05, 4.69) is 26.5 Å². The minimum atomic E-state index is -0.478. The average Bonchev–Trinajstić information content (AvgIpc) is 2.55. The minimum absolute atomic E-state index is 0.00120. The number of nitrogens with zero attached hydrogens (tertiary/aromatic N) is 2. The van der Waals surface area contributed by atoms with Crippen molar-refractivity contribution in [2.75, 3.05) is 0 Å². The number of allylic oxidation sites excluding steroid dienone is 1. The molecule has 0 unspecified atom stereocenters. The first-order valence-electron chi connectivity index (χ1n) is 6.66. The molecule has 122 valence electrons. The highest BCUT2D eigenvalue weighted by molar-refractivity contribution is 9.10. The van der Waals surface area contributed by atoms with E-state index in [0.29, 0.717) is 11.1 Å². The third kappa shape index (κ3) is 5.29. The third-order valence-corrected chi connectivity index (χ3v) is 3.60. The van der Waals surface area contributed by atoms with Gasteiger partial charge in [-0.15, -0.1) is 0 Å². The molecule has 0 saturated carbocycles. The van der Waals surface area contributed by atoms with E-state index >= 15 is 0 Å². The molecule has 0 spiro atoms. The summed E-state index contributed by atoms with van der Waals surface area (Å²) in [4.78, 5) is 21.9. The molecule has 0 atom stereocenters. The number of amides is 1. The Bertz CT molecular complexity index is 802. The van der Waals surface area contributed by atoms with E-state index in [9.17, 15) is 14.9 Å². The van der Waals surface area contributed by atoms with Crippen molar-refractivity contribution in [3.63, 3.8) is 0 Å². The van der Waals surface area contributed by atoms with E-state index in [-0.39, 0.29) is 16.6 Å². The second-order valence-corrected chi connectivity index (χ2v) is 5.94. The van der Waals surface area contributed by atoms with Gasteiger partial charge in [0.1, 0.15) is 0 Å². The van der Waals surface area contributed by atoms with Gasteiger partial charge < -0.3 is 0 Å². The van der Waals surface area contributed by atoms with Crippen LogP contribution in [0.3, 0.4) is 0 Å². The normalized spacial score (nSPS) is 11.5. The summed E-state index contributed by atoms with van der Waals surface area (Å²) in [5, 5.41) is 14.6. The largest absolute Gasteiger partial charge is 0.271 e. The second-order valence-electron chi connectivity index (χ2n) is 4.58. The Hall–Kier alpha value is -2.51. The van der Waals surface area contributed by atoms with E-state index in [1.165, 1.54) is 18.3 Å². The van der Waals surface area contributed by atoms with Crippen LogP contribution in [0.4, 0.5) is 5.69 Å². The molecule has 0 heterocycles. The molecule has 1 N–H and O–H groups in total. The van der Waals surface area contributed by atoms with Crippen LogP contribution >= 0.6 is 27.5 Å². The van der Waals surface area contributed by atoms with E-state index < -0.39 is 4.92 Å². The van der Waals surface area contributed by atoms with Gasteiger partial charge in [0.25, 0.3) is 11.6 Å². The first kappa shape index (κ1) is 17.8. The Kier molecular flexibility index (Phi) is 6.22. The maximum absolute atomic E-state index is 11.8. The van der Waals surface area contributed by atoms with Crippen molar-refractivity contribution < 1.29 is 9.72 Å². The number of nitro groups is 1. The Labute approximate surface area is 151 Å². The molecule has 0 aliphatic heterocycles. The molecule has 8 heteroatoms. The number of rotatable bonds is 5. The predicted octanol–water partition coefficient (Wildman–Crippen LogP) is 4.35. The van der Waals surface area contributed by atoms with E-state index in [4.69, 9.17) is 11.6 Å². The molecule has 0 saturated heterocycles. The molecule has 0 aliphatic rings. The Morgan fingerprint density at radius 1 is 1.17 bits per heavy atom. The smallest absolute Gasteiger partial charge is 0.267 e. The van der Waals surface area contributed by atoms with Gasteiger partial charge in [-0.05, 0) is 48.0 Å². The predicted molar refractivity (Wildman–Crippen MR) is 97.0 cm³/mol. The van der Waals surface area contributed by atoms with Crippen LogP contribution in [0, 0.1) is 10.1 Å². The van der Waals surface area contributed by atoms with Gasteiger partial charge in [0.15, 0.2) is 0 Å². The lowest BCUT2D eigenvalue weighted by atomic mass is 10.2. The van der Waals surface area contributed by atoms with Crippen LogP contribution in [0.25, 0.3) is 6.08 Å². The molecule has 6 nitrogen and oxygen atoms in total. The number of non-ortho nitro benzene ring substituents is 1. The van der Waals surface area contributed by atoms with E-state index in [1.807, 2.05) is 0 Å². The molecule has 0 bridgehead atoms. The maximum atomic E-state index is 11.8. The van der Waals surface area contributed by atoms with Crippen molar-refractivity contribution in [1.82, 2.24) is 5.43 Å². The third-order valence-electron chi connectivity index (χ3n) is 2.87. The first-order chi connectivity index (χ1) is 11.5. The fourth-order valence-corrected chi connectivity index (χ4v) is 2.15. The quantitative estimate of drug-likeness (QED) is 0.453. The number of carbonyl (C=O) groups excluding carboxylic acids is 1. The number of nitrogens with one attached hydrogen (secondary N) is 1. The summed E-state index contributed by atoms with van der Waals surface area (Å²) in [6, 6.07) is 12.7. The van der Waals surface area contributed by atoms with Crippen molar-refractivity contribution in [3.8, 4) is 0 Å². The van der Waals surface area contributed by atoms with Gasteiger partial charge in [0, 0.05) is 22.2 Å². The average molecular weight is 409 g/mol.